The predicted octanol–water partition coefficient (Wildman–Crippen LogP) is 1.92. The smallest absolute Gasteiger partial charge is 0.319 e. The van der Waals surface area contributed by atoms with E-state index >= 15 is 0 Å². The molecule has 0 aliphatic carbocycles. The van der Waals surface area contributed by atoms with Gasteiger partial charge < -0.3 is 9.30 Å². The van der Waals surface area contributed by atoms with Crippen LogP contribution in [-0.4, -0.2) is 37.6 Å². The van der Waals surface area contributed by atoms with Gasteiger partial charge in [0.25, 0.3) is 0 Å². The van der Waals surface area contributed by atoms with Gasteiger partial charge in [-0.2, -0.15) is 0 Å². The minimum atomic E-state index is -0.223. The molecule has 1 saturated heterocycles. The Balaban J connectivity index is 1.81. The van der Waals surface area contributed by atoms with Crippen molar-refractivity contribution in [3.63, 3.8) is 0 Å². The van der Waals surface area contributed by atoms with E-state index in [2.05, 4.69) is 15.2 Å². The van der Waals surface area contributed by atoms with Crippen LogP contribution >= 0.6 is 11.8 Å². The van der Waals surface area contributed by atoms with Crippen molar-refractivity contribution >= 4 is 39.8 Å². The van der Waals surface area contributed by atoms with Gasteiger partial charge in [-0.25, -0.2) is 4.98 Å². The standard InChI is InChI=1S/C14H12N4O2S/c1-18-9-5-3-2-4-8(9)11-12(18)15-14(17-16-11)21-10-6-7-20-13(10)19/h2-5,10H,6-7H2,1H3/t10-/m1/s1. The number of aromatic nitrogens is 4. The van der Waals surface area contributed by atoms with Crippen LogP contribution in [0.4, 0.5) is 0 Å². The average molecular weight is 300 g/mol. The summed E-state index contributed by atoms with van der Waals surface area (Å²) in [5, 5.41) is 9.76. The molecule has 0 saturated carbocycles. The van der Waals surface area contributed by atoms with Crippen LogP contribution in [0.1, 0.15) is 6.42 Å². The van der Waals surface area contributed by atoms with Crippen LogP contribution in [-0.2, 0) is 16.6 Å². The minimum Gasteiger partial charge on any atom is -0.465 e. The molecule has 4 rings (SSSR count). The van der Waals surface area contributed by atoms with E-state index in [9.17, 15) is 4.79 Å². The third-order valence-corrected chi connectivity index (χ3v) is 4.72. The maximum absolute atomic E-state index is 11.5. The van der Waals surface area contributed by atoms with Crippen molar-refractivity contribution in [2.24, 2.45) is 7.05 Å². The Kier molecular flexibility index (Phi) is 2.81. The van der Waals surface area contributed by atoms with E-state index in [0.717, 1.165) is 22.1 Å². The molecule has 7 heteroatoms. The number of thioether (sulfide) groups is 1. The number of nitrogens with zero attached hydrogens (tertiary/aromatic N) is 4. The summed E-state index contributed by atoms with van der Waals surface area (Å²) in [7, 11) is 1.96. The molecule has 1 atom stereocenters. The van der Waals surface area contributed by atoms with E-state index in [0.29, 0.717) is 18.2 Å². The third-order valence-electron chi connectivity index (χ3n) is 3.62. The molecule has 6 nitrogen and oxygen atoms in total. The number of ether oxygens (including phenoxy) is 1. The monoisotopic (exact) mass is 300 g/mol. The zero-order valence-electron chi connectivity index (χ0n) is 11.3. The maximum Gasteiger partial charge on any atom is 0.319 e. The number of hydrogen-bond acceptors (Lipinski definition) is 6. The Labute approximate surface area is 124 Å². The fraction of sp³-hybridized carbons (Fsp3) is 0.286. The molecule has 0 spiro atoms. The number of para-hydroxylation sites is 1. The van der Waals surface area contributed by atoms with Crippen molar-refractivity contribution < 1.29 is 9.53 Å². The molecule has 1 aliphatic rings. The summed E-state index contributed by atoms with van der Waals surface area (Å²) in [4.78, 5) is 16.1. The molecule has 1 aromatic carbocycles. The zero-order chi connectivity index (χ0) is 14.4. The first-order chi connectivity index (χ1) is 10.2. The Bertz CT molecular complexity index is 861. The predicted molar refractivity (Wildman–Crippen MR) is 79.0 cm³/mol. The molecule has 21 heavy (non-hydrogen) atoms. The number of fused-ring (bicyclic) bond motifs is 3. The van der Waals surface area contributed by atoms with Crippen molar-refractivity contribution in [2.75, 3.05) is 6.61 Å². The van der Waals surface area contributed by atoms with Gasteiger partial charge in [-0.3, -0.25) is 4.79 Å². The van der Waals surface area contributed by atoms with Gasteiger partial charge in [0.2, 0.25) is 5.16 Å². The van der Waals surface area contributed by atoms with Crippen LogP contribution in [0.5, 0.6) is 0 Å². The Hall–Kier alpha value is -2.15. The van der Waals surface area contributed by atoms with Gasteiger partial charge in [0.1, 0.15) is 10.8 Å². The molecule has 0 N–H and O–H groups in total. The van der Waals surface area contributed by atoms with Gasteiger partial charge in [-0.15, -0.1) is 10.2 Å². The van der Waals surface area contributed by atoms with Gasteiger partial charge in [-0.05, 0) is 6.07 Å². The number of carbonyl (C=O) groups is 1. The van der Waals surface area contributed by atoms with Gasteiger partial charge in [0.05, 0.1) is 12.1 Å². The third kappa shape index (κ3) is 1.96. The van der Waals surface area contributed by atoms with Gasteiger partial charge in [0.15, 0.2) is 5.65 Å². The molecule has 0 amide bonds. The Morgan fingerprint density at radius 3 is 3.00 bits per heavy atom. The molecule has 2 aromatic heterocycles. The minimum absolute atomic E-state index is 0.194. The van der Waals surface area contributed by atoms with Crippen LogP contribution in [0.3, 0.4) is 0 Å². The molecule has 1 fully saturated rings. The molecule has 3 aromatic rings. The lowest BCUT2D eigenvalue weighted by Gasteiger charge is -2.03. The molecular weight excluding hydrogens is 288 g/mol. The number of aryl methyl sites for hydroxylation is 1. The summed E-state index contributed by atoms with van der Waals surface area (Å²) in [5.74, 6) is -0.194. The molecule has 0 radical (unpaired) electrons. The summed E-state index contributed by atoms with van der Waals surface area (Å²) in [6.07, 6.45) is 0.694. The Morgan fingerprint density at radius 1 is 1.33 bits per heavy atom. The molecule has 0 bridgehead atoms. The normalized spacial score (nSPS) is 18.5. The molecule has 1 aliphatic heterocycles. The van der Waals surface area contributed by atoms with Crippen LogP contribution in [0.2, 0.25) is 0 Å². The van der Waals surface area contributed by atoms with Crippen LogP contribution in [0.15, 0.2) is 29.4 Å². The van der Waals surface area contributed by atoms with E-state index < -0.39 is 0 Å². The van der Waals surface area contributed by atoms with E-state index in [4.69, 9.17) is 4.74 Å². The fourth-order valence-electron chi connectivity index (χ4n) is 2.55. The average Bonchev–Trinajstić information content (AvgIpc) is 3.03. The first kappa shape index (κ1) is 12.6. The van der Waals surface area contributed by atoms with Crippen molar-refractivity contribution in [3.05, 3.63) is 24.3 Å². The summed E-state index contributed by atoms with van der Waals surface area (Å²) in [6, 6.07) is 7.99. The highest BCUT2D eigenvalue weighted by Crippen LogP contribution is 2.29. The summed E-state index contributed by atoms with van der Waals surface area (Å²) < 4.78 is 6.95. The number of carbonyl (C=O) groups excluding carboxylic acids is 1. The van der Waals surface area contributed by atoms with Gasteiger partial charge >= 0.3 is 5.97 Å². The SMILES string of the molecule is Cn1c2ccccc2c2nnc(S[C@@H]3CCOC3=O)nc21. The lowest BCUT2D eigenvalue weighted by Crippen LogP contribution is -2.10. The quantitative estimate of drug-likeness (QED) is 0.673. The van der Waals surface area contributed by atoms with E-state index in [1.165, 1.54) is 11.8 Å². The highest BCUT2D eigenvalue weighted by molar-refractivity contribution is 8.00. The van der Waals surface area contributed by atoms with Crippen molar-refractivity contribution in [1.29, 1.82) is 0 Å². The van der Waals surface area contributed by atoms with E-state index in [1.807, 2.05) is 35.9 Å². The van der Waals surface area contributed by atoms with Crippen LogP contribution in [0.25, 0.3) is 22.1 Å². The summed E-state index contributed by atoms with van der Waals surface area (Å²) in [6.45, 7) is 0.472. The first-order valence-corrected chi connectivity index (χ1v) is 7.53. The Morgan fingerprint density at radius 2 is 2.19 bits per heavy atom. The van der Waals surface area contributed by atoms with Gasteiger partial charge in [-0.1, -0.05) is 30.0 Å². The summed E-state index contributed by atoms with van der Waals surface area (Å²) >= 11 is 1.32. The number of esters is 1. The number of benzene rings is 1. The second kappa shape index (κ2) is 4.70. The maximum atomic E-state index is 11.5. The number of hydrogen-bond donors (Lipinski definition) is 0. The second-order valence-corrected chi connectivity index (χ2v) is 6.08. The van der Waals surface area contributed by atoms with E-state index in [1.54, 1.807) is 0 Å². The van der Waals surface area contributed by atoms with Gasteiger partial charge in [0, 0.05) is 18.9 Å². The molecule has 3 heterocycles. The molecular formula is C14H12N4O2S. The van der Waals surface area contributed by atoms with Crippen LogP contribution in [0, 0.1) is 0 Å². The lowest BCUT2D eigenvalue weighted by atomic mass is 10.2. The molecule has 0 unspecified atom stereocenters. The largest absolute Gasteiger partial charge is 0.465 e. The topological polar surface area (TPSA) is 69.9 Å². The van der Waals surface area contributed by atoms with Crippen molar-refractivity contribution in [2.45, 2.75) is 16.8 Å². The van der Waals surface area contributed by atoms with E-state index in [-0.39, 0.29) is 11.2 Å². The lowest BCUT2D eigenvalue weighted by molar-refractivity contribution is -0.137. The molecule has 106 valence electrons. The van der Waals surface area contributed by atoms with Crippen molar-refractivity contribution in [1.82, 2.24) is 19.7 Å². The number of rotatable bonds is 2. The number of cyclic esters (lactones) is 1. The first-order valence-electron chi connectivity index (χ1n) is 6.65. The zero-order valence-corrected chi connectivity index (χ0v) is 12.1. The van der Waals surface area contributed by atoms with Crippen molar-refractivity contribution in [3.8, 4) is 0 Å². The highest BCUT2D eigenvalue weighted by atomic mass is 32.2. The fourth-order valence-corrected chi connectivity index (χ4v) is 3.41. The summed E-state index contributed by atoms with van der Waals surface area (Å²) in [5.41, 5.74) is 2.63. The second-order valence-electron chi connectivity index (χ2n) is 4.91. The van der Waals surface area contributed by atoms with Crippen LogP contribution < -0.4 is 0 Å². The highest BCUT2D eigenvalue weighted by Gasteiger charge is 2.29.